The molecule has 6 nitrogen and oxygen atoms in total. The van der Waals surface area contributed by atoms with E-state index in [0.29, 0.717) is 12.2 Å². The second kappa shape index (κ2) is 10.8. The third kappa shape index (κ3) is 7.05. The fourth-order valence-electron chi connectivity index (χ4n) is 2.22. The van der Waals surface area contributed by atoms with Crippen molar-refractivity contribution in [1.82, 2.24) is 0 Å². The Labute approximate surface area is 163 Å². The zero-order chi connectivity index (χ0) is 20.2. The number of carboxylic acids is 2. The third-order valence-corrected chi connectivity index (χ3v) is 3.41. The minimum absolute atomic E-state index is 0.558. The van der Waals surface area contributed by atoms with Gasteiger partial charge in [-0.25, -0.2) is 9.59 Å². The smallest absolute Gasteiger partial charge is 0.328 e. The summed E-state index contributed by atoms with van der Waals surface area (Å²) in [5.74, 6) is -2.51. The third-order valence-electron chi connectivity index (χ3n) is 3.41. The first-order valence-corrected chi connectivity index (χ1v) is 8.42. The molecular formula is C22H20N2O4. The topological polar surface area (TPSA) is 89.9 Å². The Balaban J connectivity index is 0.000000300. The molecule has 0 heterocycles. The van der Waals surface area contributed by atoms with E-state index >= 15 is 0 Å². The van der Waals surface area contributed by atoms with Crippen molar-refractivity contribution in [2.75, 3.05) is 10.4 Å². The normalized spacial score (nSPS) is 9.86. The number of carbonyl (C=O) groups is 2. The molecule has 0 aliphatic heterocycles. The van der Waals surface area contributed by atoms with E-state index in [1.165, 1.54) is 0 Å². The highest BCUT2D eigenvalue weighted by molar-refractivity contribution is 5.89. The number of hydrazine groups is 1. The molecule has 0 spiro atoms. The summed E-state index contributed by atoms with van der Waals surface area (Å²) < 4.78 is 0. The summed E-state index contributed by atoms with van der Waals surface area (Å²) in [4.78, 5) is 19.1. The molecule has 0 fully saturated rings. The first-order chi connectivity index (χ1) is 13.6. The van der Waals surface area contributed by atoms with Crippen LogP contribution in [0, 0.1) is 0 Å². The van der Waals surface area contributed by atoms with Crippen molar-refractivity contribution in [3.05, 3.63) is 103 Å². The predicted octanol–water partition coefficient (Wildman–Crippen LogP) is 4.56. The van der Waals surface area contributed by atoms with Crippen LogP contribution in [0.3, 0.4) is 0 Å². The van der Waals surface area contributed by atoms with E-state index in [1.807, 2.05) is 54.6 Å². The van der Waals surface area contributed by atoms with Crippen LogP contribution in [0.15, 0.2) is 103 Å². The second-order valence-electron chi connectivity index (χ2n) is 5.49. The number of rotatable bonds is 6. The van der Waals surface area contributed by atoms with E-state index in [-0.39, 0.29) is 0 Å². The highest BCUT2D eigenvalue weighted by Crippen LogP contribution is 2.25. The lowest BCUT2D eigenvalue weighted by Crippen LogP contribution is -2.24. The molecule has 0 aliphatic carbocycles. The first kappa shape index (κ1) is 20.3. The lowest BCUT2D eigenvalue weighted by molar-refractivity contribution is -0.134. The average molecular weight is 376 g/mol. The molecule has 3 N–H and O–H groups in total. The van der Waals surface area contributed by atoms with Crippen molar-refractivity contribution in [3.63, 3.8) is 0 Å². The van der Waals surface area contributed by atoms with Crippen molar-refractivity contribution in [2.24, 2.45) is 0 Å². The number of nitrogens with one attached hydrogen (secondary N) is 1. The van der Waals surface area contributed by atoms with Crippen LogP contribution in [0.4, 0.5) is 17.1 Å². The average Bonchev–Trinajstić information content (AvgIpc) is 2.73. The number of para-hydroxylation sites is 3. The molecule has 0 saturated carbocycles. The number of nitrogens with zero attached hydrogens (tertiary/aromatic N) is 1. The molecular weight excluding hydrogens is 356 g/mol. The van der Waals surface area contributed by atoms with Gasteiger partial charge >= 0.3 is 11.9 Å². The van der Waals surface area contributed by atoms with Crippen molar-refractivity contribution in [1.29, 1.82) is 0 Å². The molecule has 0 saturated heterocycles. The van der Waals surface area contributed by atoms with Crippen LogP contribution >= 0.6 is 0 Å². The molecule has 0 atom stereocenters. The Morgan fingerprint density at radius 1 is 0.643 bits per heavy atom. The van der Waals surface area contributed by atoms with E-state index in [0.717, 1.165) is 17.1 Å². The molecule has 6 heteroatoms. The minimum atomic E-state index is -1.26. The maximum atomic E-state index is 9.55. The number of hydrogen-bond acceptors (Lipinski definition) is 4. The number of aliphatic carboxylic acids is 2. The molecule has 0 radical (unpaired) electrons. The van der Waals surface area contributed by atoms with Gasteiger partial charge in [-0.3, -0.25) is 10.4 Å². The monoisotopic (exact) mass is 376 g/mol. The standard InChI is InChI=1S/C18H16N2.C4H4O4/c1-4-10-16(11-5-1)19-20(17-12-6-2-7-13-17)18-14-8-3-9-15-18;5-3(6)1-2-4(7)8/h1-15,19H;1-2H,(H,5,6)(H,7,8)/b;2-1-. The summed E-state index contributed by atoms with van der Waals surface area (Å²) in [7, 11) is 0. The van der Waals surface area contributed by atoms with Gasteiger partial charge in [0.15, 0.2) is 0 Å². The molecule has 0 bridgehead atoms. The van der Waals surface area contributed by atoms with Gasteiger partial charge in [0.25, 0.3) is 0 Å². The van der Waals surface area contributed by atoms with Crippen LogP contribution in [0.25, 0.3) is 0 Å². The zero-order valence-electron chi connectivity index (χ0n) is 15.0. The first-order valence-electron chi connectivity index (χ1n) is 8.42. The number of carboxylic acid groups (broad SMARTS) is 2. The summed E-state index contributed by atoms with van der Waals surface area (Å²) in [6.45, 7) is 0. The quantitative estimate of drug-likeness (QED) is 0.431. The van der Waals surface area contributed by atoms with Gasteiger partial charge in [0.2, 0.25) is 0 Å². The molecule has 28 heavy (non-hydrogen) atoms. The second-order valence-corrected chi connectivity index (χ2v) is 5.49. The highest BCUT2D eigenvalue weighted by Gasteiger charge is 2.08. The molecule has 142 valence electrons. The van der Waals surface area contributed by atoms with Crippen molar-refractivity contribution >= 4 is 29.0 Å². The van der Waals surface area contributed by atoms with Crippen molar-refractivity contribution < 1.29 is 19.8 Å². The van der Waals surface area contributed by atoms with Crippen molar-refractivity contribution in [2.45, 2.75) is 0 Å². The Morgan fingerprint density at radius 2 is 1.00 bits per heavy atom. The molecule has 3 aromatic carbocycles. The maximum Gasteiger partial charge on any atom is 0.328 e. The summed E-state index contributed by atoms with van der Waals surface area (Å²) >= 11 is 0. The van der Waals surface area contributed by atoms with E-state index in [1.54, 1.807) is 0 Å². The number of hydrogen-bond donors (Lipinski definition) is 3. The minimum Gasteiger partial charge on any atom is -0.478 e. The fourth-order valence-corrected chi connectivity index (χ4v) is 2.22. The number of anilines is 3. The van der Waals surface area contributed by atoms with Crippen LogP contribution in [-0.2, 0) is 9.59 Å². The van der Waals surface area contributed by atoms with Crippen molar-refractivity contribution in [3.8, 4) is 0 Å². The van der Waals surface area contributed by atoms with Gasteiger partial charge in [0.1, 0.15) is 0 Å². The Morgan fingerprint density at radius 3 is 1.36 bits per heavy atom. The number of benzene rings is 3. The largest absolute Gasteiger partial charge is 0.478 e. The van der Waals surface area contributed by atoms with Crippen LogP contribution in [0.5, 0.6) is 0 Å². The van der Waals surface area contributed by atoms with Gasteiger partial charge in [-0.15, -0.1) is 0 Å². The maximum absolute atomic E-state index is 9.55. The summed E-state index contributed by atoms with van der Waals surface area (Å²) in [6.07, 6.45) is 1.12. The molecule has 0 amide bonds. The van der Waals surface area contributed by atoms with Gasteiger partial charge in [-0.2, -0.15) is 0 Å². The van der Waals surface area contributed by atoms with Gasteiger partial charge in [-0.05, 0) is 36.4 Å². The predicted molar refractivity (Wildman–Crippen MR) is 109 cm³/mol. The van der Waals surface area contributed by atoms with Gasteiger partial charge in [0, 0.05) is 12.2 Å². The zero-order valence-corrected chi connectivity index (χ0v) is 15.0. The van der Waals surface area contributed by atoms with Gasteiger partial charge < -0.3 is 10.2 Å². The molecule has 0 unspecified atom stereocenters. The fraction of sp³-hybridized carbons (Fsp3) is 0. The molecule has 0 aromatic heterocycles. The van der Waals surface area contributed by atoms with Crippen LogP contribution in [0.1, 0.15) is 0 Å². The summed E-state index contributed by atoms with van der Waals surface area (Å²) in [5.41, 5.74) is 6.70. The van der Waals surface area contributed by atoms with Crippen LogP contribution in [0.2, 0.25) is 0 Å². The lowest BCUT2D eigenvalue weighted by atomic mass is 10.2. The Kier molecular flexibility index (Phi) is 7.83. The Bertz CT molecular complexity index is 842. The summed E-state index contributed by atoms with van der Waals surface area (Å²) in [5, 5.41) is 17.7. The van der Waals surface area contributed by atoms with Gasteiger partial charge in [-0.1, -0.05) is 54.6 Å². The SMILES string of the molecule is O=C(O)/C=C\C(=O)O.c1ccc(NN(c2ccccc2)c2ccccc2)cc1. The van der Waals surface area contributed by atoms with E-state index in [2.05, 4.69) is 46.8 Å². The van der Waals surface area contributed by atoms with E-state index in [4.69, 9.17) is 10.2 Å². The summed E-state index contributed by atoms with van der Waals surface area (Å²) in [6, 6.07) is 30.7. The van der Waals surface area contributed by atoms with Crippen LogP contribution in [-0.4, -0.2) is 22.2 Å². The molecule has 0 aliphatic rings. The molecule has 3 rings (SSSR count). The Hall–Kier alpha value is -4.06. The van der Waals surface area contributed by atoms with E-state index in [9.17, 15) is 9.59 Å². The molecule has 3 aromatic rings. The van der Waals surface area contributed by atoms with E-state index < -0.39 is 11.9 Å². The van der Waals surface area contributed by atoms with Gasteiger partial charge in [0.05, 0.1) is 17.1 Å². The lowest BCUT2D eigenvalue weighted by Gasteiger charge is -2.26. The highest BCUT2D eigenvalue weighted by atomic mass is 16.4. The van der Waals surface area contributed by atoms with Crippen LogP contribution < -0.4 is 10.4 Å².